The molecule has 0 saturated carbocycles. The summed E-state index contributed by atoms with van der Waals surface area (Å²) in [5.74, 6) is 1.04. The second kappa shape index (κ2) is 8.55. The summed E-state index contributed by atoms with van der Waals surface area (Å²) in [6.07, 6.45) is 0.931. The molecule has 2 heterocycles. The van der Waals surface area contributed by atoms with E-state index in [1.807, 2.05) is 31.2 Å². The van der Waals surface area contributed by atoms with Crippen molar-refractivity contribution in [3.05, 3.63) is 47.0 Å². The maximum atomic E-state index is 12.6. The van der Waals surface area contributed by atoms with Gasteiger partial charge in [0.1, 0.15) is 0 Å². The van der Waals surface area contributed by atoms with Crippen LogP contribution in [0.15, 0.2) is 41.3 Å². The van der Waals surface area contributed by atoms with E-state index in [1.54, 1.807) is 12.1 Å². The number of hydrogen-bond acceptors (Lipinski definition) is 5. The van der Waals surface area contributed by atoms with Crippen molar-refractivity contribution in [2.24, 2.45) is 0 Å². The molecule has 2 N–H and O–H groups in total. The quantitative estimate of drug-likeness (QED) is 0.757. The molecule has 29 heavy (non-hydrogen) atoms. The fraction of sp³-hybridized carbons (Fsp3) is 0.333. The third kappa shape index (κ3) is 4.62. The van der Waals surface area contributed by atoms with E-state index in [0.717, 1.165) is 22.6 Å². The Balaban J connectivity index is 1.39. The number of anilines is 1. The summed E-state index contributed by atoms with van der Waals surface area (Å²) in [4.78, 5) is 25.8. The largest absolute Gasteiger partial charge is 0.490 e. The van der Waals surface area contributed by atoms with Gasteiger partial charge in [-0.3, -0.25) is 9.59 Å². The second-order valence-electron chi connectivity index (χ2n) is 6.99. The Morgan fingerprint density at radius 2 is 2.03 bits per heavy atom. The van der Waals surface area contributed by atoms with Crippen molar-refractivity contribution in [2.45, 2.75) is 36.0 Å². The molecule has 0 saturated heterocycles. The summed E-state index contributed by atoms with van der Waals surface area (Å²) < 4.78 is 11.4. The number of amides is 2. The molecule has 2 aliphatic rings. The van der Waals surface area contributed by atoms with Gasteiger partial charge in [-0.1, -0.05) is 17.7 Å². The number of thioether (sulfide) groups is 1. The minimum Gasteiger partial charge on any atom is -0.490 e. The highest BCUT2D eigenvalue weighted by Crippen LogP contribution is 2.38. The topological polar surface area (TPSA) is 76.7 Å². The van der Waals surface area contributed by atoms with Crippen molar-refractivity contribution in [2.75, 3.05) is 18.5 Å². The Kier molecular flexibility index (Phi) is 5.87. The van der Waals surface area contributed by atoms with Crippen LogP contribution in [0.2, 0.25) is 5.02 Å². The van der Waals surface area contributed by atoms with E-state index in [2.05, 4.69) is 10.6 Å². The summed E-state index contributed by atoms with van der Waals surface area (Å²) in [6, 6.07) is 10.8. The van der Waals surface area contributed by atoms with Gasteiger partial charge in [0.05, 0.1) is 30.2 Å². The lowest BCUT2D eigenvalue weighted by molar-refractivity contribution is -0.124. The van der Waals surface area contributed by atoms with Crippen LogP contribution < -0.4 is 20.1 Å². The zero-order valence-electron chi connectivity index (χ0n) is 15.9. The minimum atomic E-state index is -0.486. The third-order valence-corrected chi connectivity index (χ3v) is 6.29. The van der Waals surface area contributed by atoms with Gasteiger partial charge in [-0.05, 0) is 42.8 Å². The second-order valence-corrected chi connectivity index (χ2v) is 8.67. The molecule has 0 aromatic heterocycles. The van der Waals surface area contributed by atoms with E-state index in [1.165, 1.54) is 11.8 Å². The van der Waals surface area contributed by atoms with Crippen LogP contribution in [0.3, 0.4) is 0 Å². The van der Waals surface area contributed by atoms with Crippen molar-refractivity contribution in [3.8, 4) is 11.5 Å². The van der Waals surface area contributed by atoms with Gasteiger partial charge in [0.25, 0.3) is 0 Å². The van der Waals surface area contributed by atoms with Gasteiger partial charge < -0.3 is 20.1 Å². The molecule has 4 rings (SSSR count). The Morgan fingerprint density at radius 1 is 1.24 bits per heavy atom. The Bertz CT molecular complexity index is 952. The molecule has 2 amide bonds. The number of nitrogens with one attached hydrogen (secondary N) is 2. The van der Waals surface area contributed by atoms with E-state index < -0.39 is 5.25 Å². The summed E-state index contributed by atoms with van der Waals surface area (Å²) in [5, 5.41) is 5.87. The van der Waals surface area contributed by atoms with Crippen LogP contribution in [-0.4, -0.2) is 30.3 Å². The van der Waals surface area contributed by atoms with Crippen LogP contribution in [0.1, 0.15) is 31.4 Å². The number of ether oxygens (including phenoxy) is 2. The van der Waals surface area contributed by atoms with E-state index >= 15 is 0 Å². The highest BCUT2D eigenvalue weighted by Gasteiger charge is 2.29. The molecule has 2 aromatic carbocycles. The first-order chi connectivity index (χ1) is 14.0. The third-order valence-electron chi connectivity index (χ3n) is 4.78. The predicted molar refractivity (Wildman–Crippen MR) is 113 cm³/mol. The van der Waals surface area contributed by atoms with Crippen LogP contribution in [0.4, 0.5) is 5.69 Å². The zero-order valence-corrected chi connectivity index (χ0v) is 17.4. The molecule has 2 atom stereocenters. The maximum Gasteiger partial charge on any atom is 0.238 e. The number of fused-ring (bicyclic) bond motifs is 2. The number of rotatable bonds is 4. The van der Waals surface area contributed by atoms with Crippen LogP contribution in [0.25, 0.3) is 0 Å². The van der Waals surface area contributed by atoms with E-state index in [0.29, 0.717) is 29.7 Å². The van der Waals surface area contributed by atoms with Crippen LogP contribution in [0.5, 0.6) is 11.5 Å². The Morgan fingerprint density at radius 3 is 2.86 bits per heavy atom. The summed E-state index contributed by atoms with van der Waals surface area (Å²) >= 11 is 7.35. The molecule has 0 aliphatic carbocycles. The van der Waals surface area contributed by atoms with Gasteiger partial charge in [-0.15, -0.1) is 11.8 Å². The first-order valence-electron chi connectivity index (χ1n) is 9.45. The first-order valence-corrected chi connectivity index (χ1v) is 10.7. The van der Waals surface area contributed by atoms with Crippen LogP contribution in [-0.2, 0) is 9.59 Å². The maximum absolute atomic E-state index is 12.6. The summed E-state index contributed by atoms with van der Waals surface area (Å²) in [5.41, 5.74) is 1.60. The number of benzene rings is 2. The van der Waals surface area contributed by atoms with Crippen LogP contribution in [0, 0.1) is 0 Å². The van der Waals surface area contributed by atoms with E-state index in [9.17, 15) is 9.59 Å². The Hall–Kier alpha value is -2.38. The fourth-order valence-corrected chi connectivity index (χ4v) is 4.52. The lowest BCUT2D eigenvalue weighted by atomic mass is 10.1. The van der Waals surface area contributed by atoms with E-state index in [-0.39, 0.29) is 24.3 Å². The fourth-order valence-electron chi connectivity index (χ4n) is 3.26. The predicted octanol–water partition coefficient (Wildman–Crippen LogP) is 4.18. The smallest absolute Gasteiger partial charge is 0.238 e. The monoisotopic (exact) mass is 432 g/mol. The van der Waals surface area contributed by atoms with Crippen molar-refractivity contribution in [1.29, 1.82) is 0 Å². The average Bonchev–Trinajstić information content (AvgIpc) is 2.93. The van der Waals surface area contributed by atoms with E-state index in [4.69, 9.17) is 21.1 Å². The highest BCUT2D eigenvalue weighted by atomic mass is 35.5. The molecule has 2 aromatic rings. The standard InChI is InChI=1S/C21H21ClN2O4S/c1-12(13-3-5-16-17(9-13)28-8-2-7-27-16)23-20(25)11-19-21(26)24-15-10-14(22)4-6-18(15)29-19/h3-6,9-10,12,19H,2,7-8,11H2,1H3,(H,23,25)(H,24,26). The SMILES string of the molecule is CC(NC(=O)CC1Sc2ccc(Cl)cc2NC1=O)c1ccc2c(c1)OCCCO2. The normalized spacial score (nSPS) is 18.8. The lowest BCUT2D eigenvalue weighted by Crippen LogP contribution is -2.35. The first kappa shape index (κ1) is 19.9. The number of carbonyl (C=O) groups is 2. The minimum absolute atomic E-state index is 0.0907. The summed E-state index contributed by atoms with van der Waals surface area (Å²) in [7, 11) is 0. The van der Waals surface area contributed by atoms with Crippen LogP contribution >= 0.6 is 23.4 Å². The molecular formula is C21H21ClN2O4S. The van der Waals surface area contributed by atoms with Gasteiger partial charge >= 0.3 is 0 Å². The van der Waals surface area contributed by atoms with Crippen molar-refractivity contribution < 1.29 is 19.1 Å². The summed E-state index contributed by atoms with van der Waals surface area (Å²) in [6.45, 7) is 3.15. The molecule has 0 bridgehead atoms. The van der Waals surface area contributed by atoms with Gasteiger partial charge in [0.2, 0.25) is 11.8 Å². The zero-order chi connectivity index (χ0) is 20.4. The van der Waals surface area contributed by atoms with Gasteiger partial charge in [0, 0.05) is 22.8 Å². The van der Waals surface area contributed by atoms with Gasteiger partial charge in [-0.25, -0.2) is 0 Å². The molecule has 2 aliphatic heterocycles. The van der Waals surface area contributed by atoms with Crippen molar-refractivity contribution in [3.63, 3.8) is 0 Å². The molecular weight excluding hydrogens is 412 g/mol. The lowest BCUT2D eigenvalue weighted by Gasteiger charge is -2.24. The average molecular weight is 433 g/mol. The molecule has 6 nitrogen and oxygen atoms in total. The van der Waals surface area contributed by atoms with Gasteiger partial charge in [0.15, 0.2) is 11.5 Å². The van der Waals surface area contributed by atoms with Crippen molar-refractivity contribution in [1.82, 2.24) is 5.32 Å². The molecule has 8 heteroatoms. The molecule has 2 unspecified atom stereocenters. The highest BCUT2D eigenvalue weighted by molar-refractivity contribution is 8.01. The Labute approximate surface area is 178 Å². The van der Waals surface area contributed by atoms with Crippen molar-refractivity contribution >= 4 is 40.9 Å². The number of halogens is 1. The molecule has 0 spiro atoms. The van der Waals surface area contributed by atoms with Gasteiger partial charge in [-0.2, -0.15) is 0 Å². The molecule has 0 radical (unpaired) electrons. The molecule has 0 fully saturated rings. The molecule has 152 valence electrons. The number of carbonyl (C=O) groups excluding carboxylic acids is 2. The number of hydrogen-bond donors (Lipinski definition) is 2.